The summed E-state index contributed by atoms with van der Waals surface area (Å²) >= 11 is 0. The zero-order valence-corrected chi connectivity index (χ0v) is 28.6. The molecule has 6 aromatic carbocycles. The van der Waals surface area contributed by atoms with Crippen LogP contribution in [0.25, 0.3) is 83.7 Å². The smallest absolute Gasteiger partial charge is 0.0701 e. The van der Waals surface area contributed by atoms with Crippen molar-refractivity contribution in [1.82, 2.24) is 9.97 Å². The van der Waals surface area contributed by atoms with Crippen LogP contribution in [0.5, 0.6) is 0 Å². The van der Waals surface area contributed by atoms with Crippen LogP contribution < -0.4 is 0 Å². The van der Waals surface area contributed by atoms with Crippen LogP contribution in [0.15, 0.2) is 195 Å². The lowest BCUT2D eigenvalue weighted by atomic mass is 9.86. The van der Waals surface area contributed by atoms with Gasteiger partial charge in [-0.15, -0.1) is 0 Å². The first-order valence-corrected chi connectivity index (χ1v) is 17.3. The van der Waals surface area contributed by atoms with Crippen LogP contribution >= 0.6 is 0 Å². The van der Waals surface area contributed by atoms with E-state index in [1.807, 2.05) is 60.9 Å². The molecular formula is C49H35N3. The molecule has 0 aliphatic rings. The minimum atomic E-state index is 0.671. The number of benzene rings is 6. The zero-order valence-electron chi connectivity index (χ0n) is 28.6. The normalized spacial score (nSPS) is 10.8. The van der Waals surface area contributed by atoms with E-state index in [0.29, 0.717) is 5.57 Å². The Morgan fingerprint density at radius 1 is 0.385 bits per heavy atom. The van der Waals surface area contributed by atoms with Gasteiger partial charge in [0.25, 0.3) is 0 Å². The molecule has 0 aliphatic carbocycles. The minimum Gasteiger partial charge on any atom is -0.308 e. The van der Waals surface area contributed by atoms with E-state index in [4.69, 9.17) is 5.41 Å². The maximum atomic E-state index is 8.01. The highest BCUT2D eigenvalue weighted by atomic mass is 14.7. The van der Waals surface area contributed by atoms with Gasteiger partial charge in [0, 0.05) is 29.7 Å². The van der Waals surface area contributed by atoms with Crippen molar-refractivity contribution in [3.05, 3.63) is 200 Å². The number of hydrogen-bond donors (Lipinski definition) is 1. The molecule has 0 saturated heterocycles. The van der Waals surface area contributed by atoms with E-state index in [2.05, 4.69) is 144 Å². The summed E-state index contributed by atoms with van der Waals surface area (Å²) in [5.41, 5.74) is 16.8. The predicted octanol–water partition coefficient (Wildman–Crippen LogP) is 12.8. The van der Waals surface area contributed by atoms with Crippen LogP contribution in [0, 0.1) is 5.41 Å². The molecule has 2 aromatic heterocycles. The highest BCUT2D eigenvalue weighted by molar-refractivity contribution is 6.10. The van der Waals surface area contributed by atoms with Gasteiger partial charge in [-0.05, 0) is 109 Å². The van der Waals surface area contributed by atoms with E-state index in [-0.39, 0.29) is 0 Å². The molecule has 0 spiro atoms. The molecule has 246 valence electrons. The van der Waals surface area contributed by atoms with Crippen molar-refractivity contribution in [3.8, 4) is 78.1 Å². The van der Waals surface area contributed by atoms with Crippen molar-refractivity contribution in [2.75, 3.05) is 0 Å². The van der Waals surface area contributed by atoms with Crippen LogP contribution in [0.1, 0.15) is 5.56 Å². The molecule has 0 bridgehead atoms. The van der Waals surface area contributed by atoms with Gasteiger partial charge in [0.2, 0.25) is 0 Å². The molecule has 0 atom stereocenters. The van der Waals surface area contributed by atoms with Crippen LogP contribution in [0.3, 0.4) is 0 Å². The van der Waals surface area contributed by atoms with Crippen molar-refractivity contribution >= 4 is 11.8 Å². The fourth-order valence-corrected chi connectivity index (χ4v) is 6.87. The van der Waals surface area contributed by atoms with Crippen molar-refractivity contribution in [1.29, 1.82) is 5.41 Å². The second-order valence-electron chi connectivity index (χ2n) is 12.7. The first-order chi connectivity index (χ1) is 25.7. The predicted molar refractivity (Wildman–Crippen MR) is 218 cm³/mol. The second kappa shape index (κ2) is 14.5. The summed E-state index contributed by atoms with van der Waals surface area (Å²) in [5, 5.41) is 8.01. The van der Waals surface area contributed by atoms with E-state index in [1.165, 1.54) is 6.21 Å². The zero-order chi connectivity index (χ0) is 35.3. The van der Waals surface area contributed by atoms with Crippen molar-refractivity contribution in [3.63, 3.8) is 0 Å². The molecule has 52 heavy (non-hydrogen) atoms. The third-order valence-electron chi connectivity index (χ3n) is 9.48. The van der Waals surface area contributed by atoms with Gasteiger partial charge in [-0.2, -0.15) is 0 Å². The lowest BCUT2D eigenvalue weighted by molar-refractivity contribution is 1.33. The maximum Gasteiger partial charge on any atom is 0.0701 e. The Morgan fingerprint density at radius 2 is 0.731 bits per heavy atom. The molecular weight excluding hydrogens is 631 g/mol. The van der Waals surface area contributed by atoms with Crippen molar-refractivity contribution in [2.45, 2.75) is 0 Å². The summed E-state index contributed by atoms with van der Waals surface area (Å²) in [6.07, 6.45) is 4.99. The number of hydrogen-bond acceptors (Lipinski definition) is 3. The van der Waals surface area contributed by atoms with E-state index in [0.717, 1.165) is 83.7 Å². The number of aromatic nitrogens is 2. The van der Waals surface area contributed by atoms with Gasteiger partial charge in [-0.1, -0.05) is 140 Å². The summed E-state index contributed by atoms with van der Waals surface area (Å²) in [4.78, 5) is 9.09. The van der Waals surface area contributed by atoms with Gasteiger partial charge in [-0.25, -0.2) is 0 Å². The Labute approximate surface area is 304 Å². The minimum absolute atomic E-state index is 0.671. The Bertz CT molecular complexity index is 2370. The Kier molecular flexibility index (Phi) is 8.98. The fraction of sp³-hybridized carbons (Fsp3) is 0. The van der Waals surface area contributed by atoms with Crippen molar-refractivity contribution in [2.24, 2.45) is 0 Å². The standard InChI is InChI=1S/C49H35N3/c1-34(33-50)42-12-2-3-15-45(42)39-30-40(46-16-6-4-13-43(46)35-20-24-37(25-21-35)48-18-8-10-28-51-48)32-41(31-39)47-17-7-5-14-44(47)36-22-26-38(27-23-36)49-19-9-11-29-52-49/h2-33,50H,1H2. The third kappa shape index (κ3) is 6.51. The molecule has 2 heterocycles. The van der Waals surface area contributed by atoms with E-state index in [1.54, 1.807) is 0 Å². The number of nitrogens with one attached hydrogen (secondary N) is 1. The number of allylic oxidation sites excluding steroid dienone is 1. The molecule has 3 heteroatoms. The maximum absolute atomic E-state index is 8.01. The molecule has 8 rings (SSSR count). The van der Waals surface area contributed by atoms with Crippen LogP contribution in [0.2, 0.25) is 0 Å². The highest BCUT2D eigenvalue weighted by Crippen LogP contribution is 2.41. The first kappa shape index (κ1) is 32.2. The van der Waals surface area contributed by atoms with Gasteiger partial charge in [-0.3, -0.25) is 9.97 Å². The van der Waals surface area contributed by atoms with Crippen LogP contribution in [-0.4, -0.2) is 16.2 Å². The SMILES string of the molecule is C=C(C=N)c1ccccc1-c1cc(-c2ccccc2-c2ccc(-c3ccccn3)cc2)cc(-c2ccccc2-c2ccc(-c3ccccn3)cc2)c1. The van der Waals surface area contributed by atoms with Crippen molar-refractivity contribution < 1.29 is 0 Å². The van der Waals surface area contributed by atoms with E-state index < -0.39 is 0 Å². The van der Waals surface area contributed by atoms with E-state index >= 15 is 0 Å². The number of pyridine rings is 2. The van der Waals surface area contributed by atoms with Gasteiger partial charge < -0.3 is 5.41 Å². The van der Waals surface area contributed by atoms with Gasteiger partial charge in [0.15, 0.2) is 0 Å². The number of rotatable bonds is 9. The third-order valence-corrected chi connectivity index (χ3v) is 9.48. The molecule has 1 N–H and O–H groups in total. The summed E-state index contributed by atoms with van der Waals surface area (Å²) in [6, 6.07) is 61.6. The fourth-order valence-electron chi connectivity index (χ4n) is 6.87. The summed E-state index contributed by atoms with van der Waals surface area (Å²) < 4.78 is 0. The second-order valence-corrected chi connectivity index (χ2v) is 12.7. The summed E-state index contributed by atoms with van der Waals surface area (Å²) in [5.74, 6) is 0. The molecule has 0 fully saturated rings. The summed E-state index contributed by atoms with van der Waals surface area (Å²) in [7, 11) is 0. The van der Waals surface area contributed by atoms with E-state index in [9.17, 15) is 0 Å². The van der Waals surface area contributed by atoms with Crippen LogP contribution in [-0.2, 0) is 0 Å². The first-order valence-electron chi connectivity index (χ1n) is 17.3. The molecule has 0 radical (unpaired) electrons. The largest absolute Gasteiger partial charge is 0.308 e. The molecule has 0 saturated carbocycles. The average molecular weight is 666 g/mol. The molecule has 0 unspecified atom stereocenters. The topological polar surface area (TPSA) is 49.6 Å². The van der Waals surface area contributed by atoms with Gasteiger partial charge >= 0.3 is 0 Å². The lowest BCUT2D eigenvalue weighted by Gasteiger charge is -2.18. The molecule has 8 aromatic rings. The Balaban J connectivity index is 1.28. The Hall–Kier alpha value is -6.97. The molecule has 0 aliphatic heterocycles. The van der Waals surface area contributed by atoms with Crippen LogP contribution in [0.4, 0.5) is 0 Å². The lowest BCUT2D eigenvalue weighted by Crippen LogP contribution is -1.93. The van der Waals surface area contributed by atoms with Gasteiger partial charge in [0.05, 0.1) is 11.4 Å². The molecule has 3 nitrogen and oxygen atoms in total. The monoisotopic (exact) mass is 665 g/mol. The Morgan fingerprint density at radius 3 is 1.13 bits per heavy atom. The average Bonchev–Trinajstić information content (AvgIpc) is 3.24. The molecule has 0 amide bonds. The van der Waals surface area contributed by atoms with Gasteiger partial charge in [0.1, 0.15) is 0 Å². The highest BCUT2D eigenvalue weighted by Gasteiger charge is 2.16. The summed E-state index contributed by atoms with van der Waals surface area (Å²) in [6.45, 7) is 4.20. The quantitative estimate of drug-likeness (QED) is 0.156. The number of nitrogens with zero attached hydrogens (tertiary/aromatic N) is 2.